The molecule has 2 aliphatic heterocycles. The van der Waals surface area contributed by atoms with Crippen LogP contribution in [0.3, 0.4) is 0 Å². The van der Waals surface area contributed by atoms with Crippen molar-refractivity contribution in [3.63, 3.8) is 0 Å². The predicted octanol–water partition coefficient (Wildman–Crippen LogP) is 1.80. The average molecular weight is 269 g/mol. The summed E-state index contributed by atoms with van der Waals surface area (Å²) in [5.41, 5.74) is 0. The smallest absolute Gasteiger partial charge is 0.332 e. The molecule has 2 rings (SSSR count). The molecule has 1 amide bonds. The van der Waals surface area contributed by atoms with Crippen LogP contribution < -0.4 is 0 Å². The van der Waals surface area contributed by atoms with Crippen LogP contribution in [0.2, 0.25) is 0 Å². The van der Waals surface area contributed by atoms with Crippen molar-refractivity contribution in [3.8, 4) is 0 Å². The quantitative estimate of drug-likeness (QED) is 0.845. The minimum Gasteiger partial charge on any atom is -0.479 e. The molecule has 1 unspecified atom stereocenters. The van der Waals surface area contributed by atoms with Crippen molar-refractivity contribution in [3.05, 3.63) is 0 Å². The van der Waals surface area contributed by atoms with E-state index in [1.165, 1.54) is 6.42 Å². The average Bonchev–Trinajstić information content (AvgIpc) is 2.89. The highest BCUT2D eigenvalue weighted by Crippen LogP contribution is 2.26. The number of amides is 1. The van der Waals surface area contributed by atoms with Crippen molar-refractivity contribution in [2.24, 2.45) is 0 Å². The molecule has 0 bridgehead atoms. The van der Waals surface area contributed by atoms with Crippen LogP contribution in [0.1, 0.15) is 51.9 Å². The molecule has 2 saturated heterocycles. The number of nitrogens with zero attached hydrogens (tertiary/aromatic N) is 1. The normalized spacial score (nSPS) is 31.4. The van der Waals surface area contributed by atoms with Gasteiger partial charge in [0.1, 0.15) is 6.10 Å². The van der Waals surface area contributed by atoms with Crippen molar-refractivity contribution in [1.82, 2.24) is 4.90 Å². The summed E-state index contributed by atoms with van der Waals surface area (Å²) >= 11 is 0. The molecule has 1 N–H and O–H groups in total. The number of carboxylic acid groups (broad SMARTS) is 1. The number of hydrogen-bond acceptors (Lipinski definition) is 3. The van der Waals surface area contributed by atoms with Crippen LogP contribution in [0.15, 0.2) is 0 Å². The summed E-state index contributed by atoms with van der Waals surface area (Å²) in [6.07, 6.45) is 5.01. The number of aliphatic carboxylic acids is 1. The Kier molecular flexibility index (Phi) is 4.80. The molecule has 0 radical (unpaired) electrons. The van der Waals surface area contributed by atoms with Gasteiger partial charge in [0.25, 0.3) is 5.91 Å². The van der Waals surface area contributed by atoms with E-state index in [4.69, 9.17) is 9.84 Å². The van der Waals surface area contributed by atoms with Crippen LogP contribution in [-0.4, -0.2) is 46.7 Å². The summed E-state index contributed by atoms with van der Waals surface area (Å²) in [6.45, 7) is 2.92. The lowest BCUT2D eigenvalue weighted by Crippen LogP contribution is -2.48. The summed E-state index contributed by atoms with van der Waals surface area (Å²) in [5, 5.41) is 8.91. The van der Waals surface area contributed by atoms with Crippen LogP contribution in [0.5, 0.6) is 0 Å². The largest absolute Gasteiger partial charge is 0.479 e. The lowest BCUT2D eigenvalue weighted by molar-refractivity contribution is -0.156. The Morgan fingerprint density at radius 2 is 1.95 bits per heavy atom. The van der Waals surface area contributed by atoms with Gasteiger partial charge >= 0.3 is 5.97 Å². The molecular weight excluding hydrogens is 246 g/mol. The van der Waals surface area contributed by atoms with Crippen molar-refractivity contribution in [2.75, 3.05) is 6.54 Å². The van der Waals surface area contributed by atoms with Crippen molar-refractivity contribution >= 4 is 11.9 Å². The Bertz CT molecular complexity index is 342. The first-order chi connectivity index (χ1) is 9.13. The fraction of sp³-hybridized carbons (Fsp3) is 0.857. The second-order valence-corrected chi connectivity index (χ2v) is 5.50. The van der Waals surface area contributed by atoms with E-state index in [0.29, 0.717) is 18.9 Å². The topological polar surface area (TPSA) is 66.8 Å². The van der Waals surface area contributed by atoms with E-state index in [1.54, 1.807) is 0 Å². The van der Waals surface area contributed by atoms with Gasteiger partial charge < -0.3 is 14.7 Å². The second-order valence-electron chi connectivity index (χ2n) is 5.50. The molecule has 5 heteroatoms. The summed E-state index contributed by atoms with van der Waals surface area (Å²) < 4.78 is 5.37. The van der Waals surface area contributed by atoms with Crippen LogP contribution in [0.25, 0.3) is 0 Å². The van der Waals surface area contributed by atoms with E-state index >= 15 is 0 Å². The van der Waals surface area contributed by atoms with E-state index in [1.807, 2.05) is 4.90 Å². The van der Waals surface area contributed by atoms with Gasteiger partial charge in [-0.05, 0) is 38.5 Å². The lowest BCUT2D eigenvalue weighted by atomic mass is 9.97. The Balaban J connectivity index is 1.96. The van der Waals surface area contributed by atoms with Gasteiger partial charge in [0, 0.05) is 12.6 Å². The monoisotopic (exact) mass is 269 g/mol. The number of rotatable bonds is 4. The molecule has 0 aromatic carbocycles. The summed E-state index contributed by atoms with van der Waals surface area (Å²) in [5.74, 6) is -0.957. The van der Waals surface area contributed by atoms with Gasteiger partial charge in [0.05, 0.1) is 0 Å². The van der Waals surface area contributed by atoms with Gasteiger partial charge in [-0.25, -0.2) is 4.79 Å². The number of ether oxygens (including phenoxy) is 1. The number of carboxylic acids is 1. The molecule has 108 valence electrons. The van der Waals surface area contributed by atoms with Crippen molar-refractivity contribution < 1.29 is 19.4 Å². The fourth-order valence-corrected chi connectivity index (χ4v) is 3.11. The first-order valence-electron chi connectivity index (χ1n) is 7.32. The third kappa shape index (κ3) is 3.26. The van der Waals surface area contributed by atoms with E-state index < -0.39 is 18.2 Å². The number of carbonyl (C=O) groups is 2. The standard InChI is InChI=1S/C14H23NO4/c1-2-5-10-6-3-4-9-15(10)13(16)11-7-8-12(19-11)14(17)18/h10-12H,2-9H2,1H3,(H,17,18)/t10?,11-,12+/m0/s1. The first-order valence-corrected chi connectivity index (χ1v) is 7.32. The predicted molar refractivity (Wildman–Crippen MR) is 69.8 cm³/mol. The summed E-state index contributed by atoms with van der Waals surface area (Å²) in [7, 11) is 0. The minimum absolute atomic E-state index is 0.00176. The van der Waals surface area contributed by atoms with Crippen molar-refractivity contribution in [2.45, 2.75) is 70.1 Å². The third-order valence-corrected chi connectivity index (χ3v) is 4.10. The minimum atomic E-state index is -0.959. The fourth-order valence-electron chi connectivity index (χ4n) is 3.11. The molecule has 0 aromatic rings. The van der Waals surface area contributed by atoms with Gasteiger partial charge in [-0.1, -0.05) is 13.3 Å². The van der Waals surface area contributed by atoms with Crippen LogP contribution in [0.4, 0.5) is 0 Å². The van der Waals surface area contributed by atoms with E-state index in [2.05, 4.69) is 6.92 Å². The number of carbonyl (C=O) groups excluding carboxylic acids is 1. The maximum absolute atomic E-state index is 12.5. The number of hydrogen-bond donors (Lipinski definition) is 1. The number of piperidine rings is 1. The molecule has 2 fully saturated rings. The molecule has 2 aliphatic rings. The molecular formula is C14H23NO4. The van der Waals surface area contributed by atoms with Gasteiger partial charge in [0.15, 0.2) is 6.10 Å². The highest BCUT2D eigenvalue weighted by molar-refractivity contribution is 5.83. The molecule has 19 heavy (non-hydrogen) atoms. The van der Waals surface area contributed by atoms with Gasteiger partial charge in [0.2, 0.25) is 0 Å². The third-order valence-electron chi connectivity index (χ3n) is 4.10. The Morgan fingerprint density at radius 3 is 2.58 bits per heavy atom. The van der Waals surface area contributed by atoms with Crippen LogP contribution >= 0.6 is 0 Å². The summed E-state index contributed by atoms with van der Waals surface area (Å²) in [4.78, 5) is 25.3. The van der Waals surface area contributed by atoms with Gasteiger partial charge in [-0.3, -0.25) is 4.79 Å². The molecule has 3 atom stereocenters. The highest BCUT2D eigenvalue weighted by atomic mass is 16.5. The lowest BCUT2D eigenvalue weighted by Gasteiger charge is -2.37. The first kappa shape index (κ1) is 14.3. The number of likely N-dealkylation sites (tertiary alicyclic amines) is 1. The van der Waals surface area contributed by atoms with E-state index in [9.17, 15) is 9.59 Å². The Morgan fingerprint density at radius 1 is 1.21 bits per heavy atom. The second kappa shape index (κ2) is 6.37. The maximum Gasteiger partial charge on any atom is 0.332 e. The molecule has 0 spiro atoms. The highest BCUT2D eigenvalue weighted by Gasteiger charge is 2.38. The Hall–Kier alpha value is -1.10. The maximum atomic E-state index is 12.5. The molecule has 5 nitrogen and oxygen atoms in total. The van der Waals surface area contributed by atoms with Gasteiger partial charge in [-0.2, -0.15) is 0 Å². The Labute approximate surface area is 113 Å². The van der Waals surface area contributed by atoms with Crippen molar-refractivity contribution in [1.29, 1.82) is 0 Å². The zero-order chi connectivity index (χ0) is 13.8. The van der Waals surface area contributed by atoms with Crippen LogP contribution in [0, 0.1) is 0 Å². The molecule has 0 saturated carbocycles. The molecule has 0 aliphatic carbocycles. The summed E-state index contributed by atoms with van der Waals surface area (Å²) in [6, 6.07) is 0.318. The van der Waals surface area contributed by atoms with Crippen LogP contribution in [-0.2, 0) is 14.3 Å². The van der Waals surface area contributed by atoms with E-state index in [0.717, 1.165) is 32.2 Å². The van der Waals surface area contributed by atoms with E-state index in [-0.39, 0.29) is 5.91 Å². The van der Waals surface area contributed by atoms with Gasteiger partial charge in [-0.15, -0.1) is 0 Å². The zero-order valence-corrected chi connectivity index (χ0v) is 11.5. The molecule has 2 heterocycles. The SMILES string of the molecule is CCCC1CCCCN1C(=O)[C@@H]1CC[C@H](C(=O)O)O1. The molecule has 0 aromatic heterocycles. The zero-order valence-electron chi connectivity index (χ0n) is 11.5.